The van der Waals surface area contributed by atoms with Gasteiger partial charge in [0.05, 0.1) is 6.54 Å². The Bertz CT molecular complexity index is 1000. The summed E-state index contributed by atoms with van der Waals surface area (Å²) in [6.45, 7) is 1.97. The summed E-state index contributed by atoms with van der Waals surface area (Å²) in [5.41, 5.74) is 1.14. The molecule has 0 radical (unpaired) electrons. The maximum absolute atomic E-state index is 13.0. The van der Waals surface area contributed by atoms with E-state index < -0.39 is 0 Å². The van der Waals surface area contributed by atoms with Crippen LogP contribution in [0.4, 0.5) is 0 Å². The number of hydrogen-bond acceptors (Lipinski definition) is 4. The molecule has 1 atom stereocenters. The number of amides is 2. The van der Waals surface area contributed by atoms with Gasteiger partial charge in [-0.05, 0) is 62.3 Å². The van der Waals surface area contributed by atoms with Gasteiger partial charge in [-0.25, -0.2) is 0 Å². The fourth-order valence-electron chi connectivity index (χ4n) is 4.65. The Labute approximate surface area is 188 Å². The first-order valence-corrected chi connectivity index (χ1v) is 11.6. The molecular weight excluding hydrogens is 406 g/mol. The van der Waals surface area contributed by atoms with Crippen molar-refractivity contribution in [2.75, 3.05) is 26.2 Å². The number of pyridine rings is 1. The van der Waals surface area contributed by atoms with Gasteiger partial charge in [0.25, 0.3) is 5.91 Å². The van der Waals surface area contributed by atoms with Crippen molar-refractivity contribution in [2.24, 2.45) is 0 Å². The Morgan fingerprint density at radius 2 is 1.81 bits per heavy atom. The second-order valence-electron chi connectivity index (χ2n) is 8.60. The molecule has 7 nitrogen and oxygen atoms in total. The van der Waals surface area contributed by atoms with Crippen LogP contribution in [-0.2, 0) is 11.2 Å². The van der Waals surface area contributed by atoms with Crippen molar-refractivity contribution in [3.63, 3.8) is 0 Å². The molecule has 2 bridgehead atoms. The van der Waals surface area contributed by atoms with E-state index >= 15 is 0 Å². The molecule has 0 saturated carbocycles. The molecule has 4 rings (SSSR count). The van der Waals surface area contributed by atoms with E-state index in [0.29, 0.717) is 32.5 Å². The van der Waals surface area contributed by atoms with Gasteiger partial charge >= 0.3 is 0 Å². The van der Waals surface area contributed by atoms with Crippen LogP contribution >= 0.6 is 0 Å². The summed E-state index contributed by atoms with van der Waals surface area (Å²) in [7, 11) is 0. The highest BCUT2D eigenvalue weighted by Crippen LogP contribution is 2.24. The van der Waals surface area contributed by atoms with Crippen LogP contribution in [0.3, 0.4) is 0 Å². The number of aromatic nitrogens is 1. The van der Waals surface area contributed by atoms with Crippen LogP contribution in [0.2, 0.25) is 0 Å². The molecule has 2 aliphatic rings. The maximum Gasteiger partial charge on any atom is 0.270 e. The highest BCUT2D eigenvalue weighted by molar-refractivity contribution is 5.92. The van der Waals surface area contributed by atoms with Crippen LogP contribution in [0.5, 0.6) is 5.75 Å². The molecule has 1 aromatic heterocycles. The Kier molecular flexibility index (Phi) is 7.24. The largest absolute Gasteiger partial charge is 0.492 e. The van der Waals surface area contributed by atoms with E-state index in [1.165, 1.54) is 11.6 Å². The quantitative estimate of drug-likeness (QED) is 0.744. The molecular formula is C25H31N3O4. The molecule has 170 valence electrons. The Balaban J connectivity index is 1.54. The number of aryl methyl sites for hydroxylation is 1. The van der Waals surface area contributed by atoms with Gasteiger partial charge in [-0.1, -0.05) is 18.2 Å². The third-order valence-corrected chi connectivity index (χ3v) is 6.35. The molecule has 1 saturated heterocycles. The lowest BCUT2D eigenvalue weighted by Crippen LogP contribution is -2.44. The second-order valence-corrected chi connectivity index (χ2v) is 8.60. The molecule has 1 N–H and O–H groups in total. The van der Waals surface area contributed by atoms with E-state index in [4.69, 9.17) is 4.74 Å². The minimum absolute atomic E-state index is 0.176. The number of piperidine rings is 1. The van der Waals surface area contributed by atoms with E-state index in [2.05, 4.69) is 22.0 Å². The monoisotopic (exact) mass is 437 g/mol. The van der Waals surface area contributed by atoms with E-state index in [1.807, 2.05) is 12.1 Å². The van der Waals surface area contributed by atoms with E-state index in [0.717, 1.165) is 44.4 Å². The van der Waals surface area contributed by atoms with Crippen LogP contribution in [0.1, 0.15) is 54.6 Å². The highest BCUT2D eigenvalue weighted by Gasteiger charge is 2.26. The van der Waals surface area contributed by atoms with Gasteiger partial charge in [-0.15, -0.1) is 0 Å². The van der Waals surface area contributed by atoms with Gasteiger partial charge in [0.15, 0.2) is 0 Å². The minimum Gasteiger partial charge on any atom is -0.492 e. The molecule has 2 amide bonds. The first-order chi connectivity index (χ1) is 15.6. The third-order valence-electron chi connectivity index (χ3n) is 6.35. The Morgan fingerprint density at radius 3 is 2.69 bits per heavy atom. The Morgan fingerprint density at radius 1 is 0.938 bits per heavy atom. The van der Waals surface area contributed by atoms with Crippen molar-refractivity contribution in [2.45, 2.75) is 51.0 Å². The number of hydrogen-bond donors (Lipinski definition) is 1. The standard InChI is InChI=1S/C25H31N3O4/c29-23-10-4-9-22(26-23)25(31)27-14-5-11-24(30)28-15-2-1-7-20(28)13-12-19-6-3-8-21(18-19)32-17-16-27/h3-4,6,8-10,18,20H,1-2,5,7,11-17H2,(H,26,29). The number of nitrogens with one attached hydrogen (secondary N) is 1. The van der Waals surface area contributed by atoms with E-state index in [1.54, 1.807) is 17.0 Å². The van der Waals surface area contributed by atoms with Gasteiger partial charge in [0, 0.05) is 31.6 Å². The molecule has 0 spiro atoms. The van der Waals surface area contributed by atoms with Crippen LogP contribution in [0.25, 0.3) is 0 Å². The van der Waals surface area contributed by atoms with Gasteiger partial charge in [0.2, 0.25) is 11.5 Å². The summed E-state index contributed by atoms with van der Waals surface area (Å²) in [5.74, 6) is 0.706. The zero-order valence-corrected chi connectivity index (χ0v) is 18.4. The van der Waals surface area contributed by atoms with Crippen molar-refractivity contribution in [3.8, 4) is 5.75 Å². The average Bonchev–Trinajstić information content (AvgIpc) is 2.81. The SMILES string of the molecule is O=C(c1cccc(=O)[nH]1)N1CCCC(=O)N2CCCCC2CCc2cccc(c2)OCC1. The van der Waals surface area contributed by atoms with Gasteiger partial charge in [-0.3, -0.25) is 14.4 Å². The molecule has 7 heteroatoms. The first-order valence-electron chi connectivity index (χ1n) is 11.6. The lowest BCUT2D eigenvalue weighted by molar-refractivity contribution is -0.135. The smallest absolute Gasteiger partial charge is 0.270 e. The molecule has 1 aromatic carbocycles. The molecule has 2 aromatic rings. The number of benzene rings is 1. The summed E-state index contributed by atoms with van der Waals surface area (Å²) in [5, 5.41) is 0. The molecule has 32 heavy (non-hydrogen) atoms. The van der Waals surface area contributed by atoms with Gasteiger partial charge < -0.3 is 19.5 Å². The molecule has 0 aliphatic carbocycles. The predicted molar refractivity (Wildman–Crippen MR) is 122 cm³/mol. The number of nitrogens with zero attached hydrogens (tertiary/aromatic N) is 2. The normalized spacial score (nSPS) is 20.5. The topological polar surface area (TPSA) is 82.7 Å². The summed E-state index contributed by atoms with van der Waals surface area (Å²) in [6, 6.07) is 12.9. The molecule has 1 unspecified atom stereocenters. The number of rotatable bonds is 1. The third kappa shape index (κ3) is 5.58. The van der Waals surface area contributed by atoms with Crippen molar-refractivity contribution in [1.29, 1.82) is 0 Å². The van der Waals surface area contributed by atoms with E-state index in [-0.39, 0.29) is 29.1 Å². The fourth-order valence-corrected chi connectivity index (χ4v) is 4.65. The fraction of sp³-hybridized carbons (Fsp3) is 0.480. The molecule has 2 aliphatic heterocycles. The van der Waals surface area contributed by atoms with Crippen LogP contribution in [0, 0.1) is 0 Å². The zero-order valence-electron chi connectivity index (χ0n) is 18.4. The lowest BCUT2D eigenvalue weighted by atomic mass is 9.95. The molecule has 3 heterocycles. The summed E-state index contributed by atoms with van der Waals surface area (Å²) in [6.07, 6.45) is 6.14. The van der Waals surface area contributed by atoms with Crippen molar-refractivity contribution < 1.29 is 14.3 Å². The highest BCUT2D eigenvalue weighted by atomic mass is 16.5. The minimum atomic E-state index is -0.312. The number of carbonyl (C=O) groups is 2. The number of fused-ring (bicyclic) bond motifs is 3. The van der Waals surface area contributed by atoms with E-state index in [9.17, 15) is 14.4 Å². The average molecular weight is 438 g/mol. The maximum atomic E-state index is 13.0. The first kappa shape index (κ1) is 22.1. The van der Waals surface area contributed by atoms with Crippen molar-refractivity contribution in [3.05, 3.63) is 64.1 Å². The number of ether oxygens (including phenoxy) is 1. The van der Waals surface area contributed by atoms with Gasteiger partial charge in [-0.2, -0.15) is 0 Å². The molecule has 1 fully saturated rings. The van der Waals surface area contributed by atoms with Crippen LogP contribution < -0.4 is 10.3 Å². The van der Waals surface area contributed by atoms with Crippen LogP contribution in [0.15, 0.2) is 47.3 Å². The summed E-state index contributed by atoms with van der Waals surface area (Å²) in [4.78, 5) is 44.0. The van der Waals surface area contributed by atoms with Gasteiger partial charge in [0.1, 0.15) is 18.1 Å². The summed E-state index contributed by atoms with van der Waals surface area (Å²) >= 11 is 0. The number of carbonyl (C=O) groups excluding carboxylic acids is 2. The lowest BCUT2D eigenvalue weighted by Gasteiger charge is -2.36. The van der Waals surface area contributed by atoms with Crippen molar-refractivity contribution >= 4 is 11.8 Å². The predicted octanol–water partition coefficient (Wildman–Crippen LogP) is 3.00. The zero-order chi connectivity index (χ0) is 22.3. The van der Waals surface area contributed by atoms with Crippen molar-refractivity contribution in [1.82, 2.24) is 14.8 Å². The number of aromatic amines is 1. The number of H-pyrrole nitrogens is 1. The second kappa shape index (κ2) is 10.5. The van der Waals surface area contributed by atoms with Crippen LogP contribution in [-0.4, -0.2) is 58.9 Å². The Hall–Kier alpha value is -3.09. The summed E-state index contributed by atoms with van der Waals surface area (Å²) < 4.78 is 5.95.